The second-order valence-electron chi connectivity index (χ2n) is 4.56. The van der Waals surface area contributed by atoms with Crippen LogP contribution >= 0.6 is 0 Å². The molecule has 0 bridgehead atoms. The lowest BCUT2D eigenvalue weighted by atomic mass is 10.1. The summed E-state index contributed by atoms with van der Waals surface area (Å²) in [5.74, 6) is 1.63. The van der Waals surface area contributed by atoms with Crippen molar-refractivity contribution in [3.05, 3.63) is 11.7 Å². The summed E-state index contributed by atoms with van der Waals surface area (Å²) in [5, 5.41) is 4.04. The summed E-state index contributed by atoms with van der Waals surface area (Å²) in [6.45, 7) is 7.55. The Bertz CT molecular complexity index is 322. The monoisotopic (exact) mass is 255 g/mol. The van der Waals surface area contributed by atoms with Crippen LogP contribution < -0.4 is 5.73 Å². The highest BCUT2D eigenvalue weighted by Gasteiger charge is 2.20. The molecule has 2 unspecified atom stereocenters. The molecule has 2 N–H and O–H groups in total. The van der Waals surface area contributed by atoms with Gasteiger partial charge in [0.25, 0.3) is 0 Å². The molecule has 0 saturated heterocycles. The van der Waals surface area contributed by atoms with Gasteiger partial charge in [0.1, 0.15) is 6.10 Å². The van der Waals surface area contributed by atoms with Crippen LogP contribution in [0.15, 0.2) is 4.52 Å². The number of rotatable bonds is 9. The zero-order valence-electron chi connectivity index (χ0n) is 11.7. The Morgan fingerprint density at radius 1 is 1.33 bits per heavy atom. The van der Waals surface area contributed by atoms with E-state index in [4.69, 9.17) is 15.0 Å². The van der Waals surface area contributed by atoms with Crippen LogP contribution in [0.2, 0.25) is 0 Å². The highest BCUT2D eigenvalue weighted by Crippen LogP contribution is 2.24. The van der Waals surface area contributed by atoms with Crippen molar-refractivity contribution in [2.45, 2.75) is 58.5 Å². The minimum absolute atomic E-state index is 0.0424. The summed E-state index contributed by atoms with van der Waals surface area (Å²) in [7, 11) is 0. The molecular weight excluding hydrogens is 230 g/mol. The molecule has 1 aromatic heterocycles. The van der Waals surface area contributed by atoms with Crippen LogP contribution in [0.4, 0.5) is 0 Å². The lowest BCUT2D eigenvalue weighted by molar-refractivity contribution is 0.0477. The first-order valence-corrected chi connectivity index (χ1v) is 6.88. The molecule has 2 atom stereocenters. The maximum absolute atomic E-state index is 5.64. The van der Waals surface area contributed by atoms with Gasteiger partial charge in [-0.25, -0.2) is 0 Å². The molecule has 0 fully saturated rings. The Hall–Kier alpha value is -0.940. The third-order valence-electron chi connectivity index (χ3n) is 2.93. The Morgan fingerprint density at radius 3 is 2.72 bits per heavy atom. The number of ether oxygens (including phenoxy) is 1. The zero-order valence-corrected chi connectivity index (χ0v) is 11.7. The number of nitrogens with zero attached hydrogens (tertiary/aromatic N) is 2. The average Bonchev–Trinajstić information content (AvgIpc) is 2.85. The van der Waals surface area contributed by atoms with E-state index in [1.165, 1.54) is 0 Å². The maximum atomic E-state index is 5.64. The molecule has 0 amide bonds. The maximum Gasteiger partial charge on any atom is 0.229 e. The number of aromatic nitrogens is 2. The van der Waals surface area contributed by atoms with Crippen molar-refractivity contribution in [2.24, 2.45) is 5.73 Å². The first-order chi connectivity index (χ1) is 8.72. The number of nitrogens with two attached hydrogens (primary N) is 1. The van der Waals surface area contributed by atoms with Gasteiger partial charge in [-0.05, 0) is 32.7 Å². The molecule has 0 aliphatic heterocycles. The van der Waals surface area contributed by atoms with Gasteiger partial charge in [-0.2, -0.15) is 4.98 Å². The van der Waals surface area contributed by atoms with Gasteiger partial charge in [-0.1, -0.05) is 25.4 Å². The SMILES string of the molecule is CCCC(OCC)c1noc(C(C)CCCN)n1. The first-order valence-electron chi connectivity index (χ1n) is 6.88. The molecule has 5 heteroatoms. The van der Waals surface area contributed by atoms with Crippen LogP contribution in [-0.2, 0) is 4.74 Å². The van der Waals surface area contributed by atoms with Gasteiger partial charge in [0.05, 0.1) is 0 Å². The average molecular weight is 255 g/mol. The Labute approximate surface area is 109 Å². The van der Waals surface area contributed by atoms with Crippen molar-refractivity contribution >= 4 is 0 Å². The van der Waals surface area contributed by atoms with Crippen molar-refractivity contribution in [1.82, 2.24) is 10.1 Å². The minimum atomic E-state index is -0.0424. The second kappa shape index (κ2) is 8.21. The van der Waals surface area contributed by atoms with Gasteiger partial charge >= 0.3 is 0 Å². The summed E-state index contributed by atoms with van der Waals surface area (Å²) < 4.78 is 11.0. The Balaban J connectivity index is 2.64. The van der Waals surface area contributed by atoms with Crippen LogP contribution in [0, 0.1) is 0 Å². The van der Waals surface area contributed by atoms with Crippen molar-refractivity contribution in [3.8, 4) is 0 Å². The third kappa shape index (κ3) is 4.38. The van der Waals surface area contributed by atoms with Gasteiger partial charge in [-0.3, -0.25) is 0 Å². The van der Waals surface area contributed by atoms with Crippen molar-refractivity contribution < 1.29 is 9.26 Å². The van der Waals surface area contributed by atoms with E-state index in [2.05, 4.69) is 24.0 Å². The van der Waals surface area contributed by atoms with E-state index in [1.54, 1.807) is 0 Å². The molecule has 1 rings (SSSR count). The number of hydrogen-bond acceptors (Lipinski definition) is 5. The molecule has 0 aliphatic rings. The molecule has 0 aromatic carbocycles. The summed E-state index contributed by atoms with van der Waals surface area (Å²) in [6.07, 6.45) is 3.87. The molecule has 0 aliphatic carbocycles. The van der Waals surface area contributed by atoms with Crippen LogP contribution in [0.25, 0.3) is 0 Å². The van der Waals surface area contributed by atoms with E-state index in [1.807, 2.05) is 6.92 Å². The van der Waals surface area contributed by atoms with Crippen molar-refractivity contribution in [3.63, 3.8) is 0 Å². The van der Waals surface area contributed by atoms with Crippen molar-refractivity contribution in [1.29, 1.82) is 0 Å². The van der Waals surface area contributed by atoms with Gasteiger partial charge in [-0.15, -0.1) is 0 Å². The molecular formula is C13H25N3O2. The normalized spacial score (nSPS) is 14.7. The molecule has 0 saturated carbocycles. The summed E-state index contributed by atoms with van der Waals surface area (Å²) in [5.41, 5.74) is 5.50. The molecule has 1 aromatic rings. The molecule has 1 heterocycles. The largest absolute Gasteiger partial charge is 0.370 e. The van der Waals surface area contributed by atoms with Crippen LogP contribution in [-0.4, -0.2) is 23.3 Å². The van der Waals surface area contributed by atoms with Crippen molar-refractivity contribution in [2.75, 3.05) is 13.2 Å². The quantitative estimate of drug-likeness (QED) is 0.734. The molecule has 0 radical (unpaired) electrons. The molecule has 18 heavy (non-hydrogen) atoms. The predicted octanol–water partition coefficient (Wildman–Crippen LogP) is 2.79. The Morgan fingerprint density at radius 2 is 2.11 bits per heavy atom. The van der Waals surface area contributed by atoms with Crippen LogP contribution in [0.5, 0.6) is 0 Å². The molecule has 5 nitrogen and oxygen atoms in total. The Kier molecular flexibility index (Phi) is 6.90. The van der Waals surface area contributed by atoms with E-state index in [0.717, 1.165) is 25.7 Å². The lowest BCUT2D eigenvalue weighted by Gasteiger charge is -2.11. The molecule has 0 spiro atoms. The highest BCUT2D eigenvalue weighted by molar-refractivity contribution is 4.95. The fourth-order valence-electron chi connectivity index (χ4n) is 1.88. The topological polar surface area (TPSA) is 74.2 Å². The lowest BCUT2D eigenvalue weighted by Crippen LogP contribution is -2.06. The summed E-state index contributed by atoms with van der Waals surface area (Å²) >= 11 is 0. The first kappa shape index (κ1) is 15.1. The van der Waals surface area contributed by atoms with Gasteiger partial charge in [0, 0.05) is 12.5 Å². The molecule has 104 valence electrons. The van der Waals surface area contributed by atoms with E-state index in [9.17, 15) is 0 Å². The third-order valence-corrected chi connectivity index (χ3v) is 2.93. The fourth-order valence-corrected chi connectivity index (χ4v) is 1.88. The van der Waals surface area contributed by atoms with Gasteiger partial charge in [0.15, 0.2) is 0 Å². The van der Waals surface area contributed by atoms with E-state index in [0.29, 0.717) is 24.9 Å². The van der Waals surface area contributed by atoms with Crippen LogP contribution in [0.3, 0.4) is 0 Å². The van der Waals surface area contributed by atoms with Gasteiger partial charge in [0.2, 0.25) is 11.7 Å². The highest BCUT2D eigenvalue weighted by atomic mass is 16.5. The fraction of sp³-hybridized carbons (Fsp3) is 0.846. The minimum Gasteiger partial charge on any atom is -0.370 e. The standard InChI is InChI=1S/C13H25N3O2/c1-4-7-11(17-5-2)12-15-13(18-16-12)10(3)8-6-9-14/h10-11H,4-9,14H2,1-3H3. The summed E-state index contributed by atoms with van der Waals surface area (Å²) in [6, 6.07) is 0. The van der Waals surface area contributed by atoms with Crippen LogP contribution in [0.1, 0.15) is 70.2 Å². The predicted molar refractivity (Wildman–Crippen MR) is 70.3 cm³/mol. The van der Waals surface area contributed by atoms with Gasteiger partial charge < -0.3 is 15.0 Å². The van der Waals surface area contributed by atoms with E-state index < -0.39 is 0 Å². The van der Waals surface area contributed by atoms with E-state index in [-0.39, 0.29) is 12.0 Å². The smallest absolute Gasteiger partial charge is 0.229 e. The van der Waals surface area contributed by atoms with E-state index >= 15 is 0 Å². The zero-order chi connectivity index (χ0) is 13.4. The number of hydrogen-bond donors (Lipinski definition) is 1. The second-order valence-corrected chi connectivity index (χ2v) is 4.56. The summed E-state index contributed by atoms with van der Waals surface area (Å²) in [4.78, 5) is 4.46.